The molecule has 22 heavy (non-hydrogen) atoms. The molecule has 0 amide bonds. The van der Waals surface area contributed by atoms with E-state index in [-0.39, 0.29) is 6.10 Å². The van der Waals surface area contributed by atoms with Crippen LogP contribution in [0, 0.1) is 11.3 Å². The zero-order valence-corrected chi connectivity index (χ0v) is 13.5. The van der Waals surface area contributed by atoms with Crippen molar-refractivity contribution in [2.24, 2.45) is 0 Å². The van der Waals surface area contributed by atoms with Crippen LogP contribution in [0.3, 0.4) is 0 Å². The Hall–Kier alpha value is -2.39. The first kappa shape index (κ1) is 16.0. The Labute approximate surface area is 135 Å². The summed E-state index contributed by atoms with van der Waals surface area (Å²) < 4.78 is 5.32. The number of nitrogens with one attached hydrogen (secondary N) is 2. The molecule has 0 aliphatic carbocycles. The van der Waals surface area contributed by atoms with Crippen molar-refractivity contribution in [2.75, 3.05) is 0 Å². The molecule has 1 atom stereocenters. The van der Waals surface area contributed by atoms with Crippen LogP contribution in [-0.4, -0.2) is 17.2 Å². The van der Waals surface area contributed by atoms with Gasteiger partial charge in [0.25, 0.3) is 0 Å². The molecule has 1 aliphatic heterocycles. The third-order valence-corrected chi connectivity index (χ3v) is 3.40. The van der Waals surface area contributed by atoms with Crippen LogP contribution in [0.15, 0.2) is 35.5 Å². The molecular weight excluding hydrogens is 298 g/mol. The zero-order valence-electron chi connectivity index (χ0n) is 12.6. The Morgan fingerprint density at radius 1 is 1.45 bits per heavy atom. The minimum absolute atomic E-state index is 0.215. The van der Waals surface area contributed by atoms with Crippen molar-refractivity contribution in [3.63, 3.8) is 0 Å². The van der Waals surface area contributed by atoms with Crippen LogP contribution >= 0.6 is 12.2 Å². The predicted molar refractivity (Wildman–Crippen MR) is 86.7 cm³/mol. The maximum absolute atomic E-state index is 12.4. The van der Waals surface area contributed by atoms with Crippen LogP contribution in [0.5, 0.6) is 0 Å². The van der Waals surface area contributed by atoms with Gasteiger partial charge in [-0.3, -0.25) is 0 Å². The van der Waals surface area contributed by atoms with E-state index in [0.29, 0.717) is 21.9 Å². The summed E-state index contributed by atoms with van der Waals surface area (Å²) >= 11 is 5.17. The van der Waals surface area contributed by atoms with Gasteiger partial charge in [0.05, 0.1) is 29.4 Å². The van der Waals surface area contributed by atoms with Gasteiger partial charge in [-0.2, -0.15) is 5.26 Å². The fourth-order valence-electron chi connectivity index (χ4n) is 2.28. The number of allylic oxidation sites excluding steroid dienone is 1. The molecule has 0 spiro atoms. The lowest BCUT2D eigenvalue weighted by molar-refractivity contribution is -0.143. The number of ether oxygens (including phenoxy) is 1. The topological polar surface area (TPSA) is 74.2 Å². The Balaban J connectivity index is 2.45. The van der Waals surface area contributed by atoms with Crippen molar-refractivity contribution in [2.45, 2.75) is 32.9 Å². The number of esters is 1. The number of rotatable bonds is 3. The molecule has 1 heterocycles. The van der Waals surface area contributed by atoms with Crippen LogP contribution in [0.4, 0.5) is 0 Å². The van der Waals surface area contributed by atoms with Crippen LogP contribution in [0.1, 0.15) is 37.9 Å². The molecule has 0 fully saturated rings. The summed E-state index contributed by atoms with van der Waals surface area (Å²) in [5.74, 6) is -0.401. The highest BCUT2D eigenvalue weighted by Crippen LogP contribution is 2.28. The third-order valence-electron chi connectivity index (χ3n) is 3.18. The largest absolute Gasteiger partial charge is 0.459 e. The number of hydrogen-bond donors (Lipinski definition) is 2. The van der Waals surface area contributed by atoms with E-state index in [2.05, 4.69) is 16.7 Å². The Kier molecular flexibility index (Phi) is 4.78. The number of nitriles is 1. The summed E-state index contributed by atoms with van der Waals surface area (Å²) in [6, 6.07) is 8.74. The molecule has 1 aromatic rings. The van der Waals surface area contributed by atoms with Crippen molar-refractivity contribution < 1.29 is 9.53 Å². The first-order valence-electron chi connectivity index (χ1n) is 6.91. The molecule has 2 N–H and O–H groups in total. The Morgan fingerprint density at radius 3 is 2.82 bits per heavy atom. The van der Waals surface area contributed by atoms with Gasteiger partial charge in [-0.05, 0) is 50.7 Å². The smallest absolute Gasteiger partial charge is 0.338 e. The molecule has 1 aliphatic rings. The average molecular weight is 315 g/mol. The van der Waals surface area contributed by atoms with Crippen LogP contribution in [0.2, 0.25) is 0 Å². The first-order valence-corrected chi connectivity index (χ1v) is 7.32. The molecule has 2 rings (SSSR count). The van der Waals surface area contributed by atoms with E-state index < -0.39 is 12.0 Å². The maximum atomic E-state index is 12.4. The highest BCUT2D eigenvalue weighted by molar-refractivity contribution is 7.80. The SMILES string of the molecule is CC1=C(C(=O)OC(C)C)C(c2cccc(C#N)c2)NC(=S)N1. The monoisotopic (exact) mass is 315 g/mol. The fraction of sp³-hybridized carbons (Fsp3) is 0.312. The second-order valence-electron chi connectivity index (χ2n) is 5.26. The molecule has 114 valence electrons. The van der Waals surface area contributed by atoms with Gasteiger partial charge in [-0.1, -0.05) is 12.1 Å². The van der Waals surface area contributed by atoms with E-state index >= 15 is 0 Å². The Morgan fingerprint density at radius 2 is 2.18 bits per heavy atom. The van der Waals surface area contributed by atoms with Crippen LogP contribution < -0.4 is 10.6 Å². The lowest BCUT2D eigenvalue weighted by atomic mass is 9.94. The predicted octanol–water partition coefficient (Wildman–Crippen LogP) is 2.30. The van der Waals surface area contributed by atoms with E-state index in [1.165, 1.54) is 0 Å². The number of benzene rings is 1. The summed E-state index contributed by atoms with van der Waals surface area (Å²) in [4.78, 5) is 12.4. The van der Waals surface area contributed by atoms with Crippen molar-refractivity contribution in [3.05, 3.63) is 46.7 Å². The van der Waals surface area contributed by atoms with E-state index in [4.69, 9.17) is 22.2 Å². The third kappa shape index (κ3) is 3.43. The zero-order chi connectivity index (χ0) is 16.3. The van der Waals surface area contributed by atoms with E-state index in [9.17, 15) is 4.79 Å². The number of thiocarbonyl (C=S) groups is 1. The fourth-order valence-corrected chi connectivity index (χ4v) is 2.55. The van der Waals surface area contributed by atoms with Gasteiger partial charge in [0.1, 0.15) is 0 Å². The number of carbonyl (C=O) groups excluding carboxylic acids is 1. The molecule has 0 saturated carbocycles. The standard InChI is InChI=1S/C16H17N3O2S/c1-9(2)21-15(20)13-10(3)18-16(22)19-14(13)12-6-4-5-11(7-12)8-17/h4-7,9,14H,1-3H3,(H2,18,19,22). The van der Waals surface area contributed by atoms with Crippen LogP contribution in [0.25, 0.3) is 0 Å². The lowest BCUT2D eigenvalue weighted by Crippen LogP contribution is -2.45. The summed E-state index contributed by atoms with van der Waals surface area (Å²) in [6.07, 6.45) is -0.215. The second kappa shape index (κ2) is 6.58. The lowest BCUT2D eigenvalue weighted by Gasteiger charge is -2.30. The quantitative estimate of drug-likeness (QED) is 0.658. The van der Waals surface area contributed by atoms with Gasteiger partial charge in [0.15, 0.2) is 5.11 Å². The molecule has 5 nitrogen and oxygen atoms in total. The maximum Gasteiger partial charge on any atom is 0.338 e. The first-order chi connectivity index (χ1) is 10.4. The van der Waals surface area contributed by atoms with E-state index in [0.717, 1.165) is 5.56 Å². The van der Waals surface area contributed by atoms with Gasteiger partial charge >= 0.3 is 5.97 Å². The van der Waals surface area contributed by atoms with Crippen molar-refractivity contribution >= 4 is 23.3 Å². The van der Waals surface area contributed by atoms with Gasteiger partial charge < -0.3 is 15.4 Å². The highest BCUT2D eigenvalue weighted by atomic mass is 32.1. The van der Waals surface area contributed by atoms with E-state index in [1.54, 1.807) is 39.0 Å². The second-order valence-corrected chi connectivity index (χ2v) is 5.67. The summed E-state index contributed by atoms with van der Waals surface area (Å²) in [6.45, 7) is 5.38. The van der Waals surface area contributed by atoms with Gasteiger partial charge in [0.2, 0.25) is 0 Å². The molecular formula is C16H17N3O2S. The molecule has 6 heteroatoms. The van der Waals surface area contributed by atoms with Gasteiger partial charge in [-0.15, -0.1) is 0 Å². The normalized spacial score (nSPS) is 17.6. The summed E-state index contributed by atoms with van der Waals surface area (Å²) in [5, 5.41) is 15.5. The van der Waals surface area contributed by atoms with Crippen molar-refractivity contribution in [1.29, 1.82) is 5.26 Å². The minimum atomic E-state index is -0.437. The average Bonchev–Trinajstić information content (AvgIpc) is 2.45. The van der Waals surface area contributed by atoms with Crippen molar-refractivity contribution in [3.8, 4) is 6.07 Å². The van der Waals surface area contributed by atoms with Crippen LogP contribution in [-0.2, 0) is 9.53 Å². The molecule has 0 radical (unpaired) electrons. The minimum Gasteiger partial charge on any atom is -0.459 e. The van der Waals surface area contributed by atoms with Crippen molar-refractivity contribution in [1.82, 2.24) is 10.6 Å². The summed E-state index contributed by atoms with van der Waals surface area (Å²) in [7, 11) is 0. The van der Waals surface area contributed by atoms with Gasteiger partial charge in [0, 0.05) is 5.70 Å². The molecule has 1 unspecified atom stereocenters. The molecule has 0 saturated heterocycles. The Bertz CT molecular complexity index is 689. The molecule has 0 bridgehead atoms. The summed E-state index contributed by atoms with van der Waals surface area (Å²) in [5.41, 5.74) is 2.44. The molecule has 1 aromatic carbocycles. The number of carbonyl (C=O) groups is 1. The molecule has 0 aromatic heterocycles. The number of hydrogen-bond acceptors (Lipinski definition) is 4. The highest BCUT2D eigenvalue weighted by Gasteiger charge is 2.31. The van der Waals surface area contributed by atoms with E-state index in [1.807, 2.05) is 6.07 Å². The van der Waals surface area contributed by atoms with Gasteiger partial charge in [-0.25, -0.2) is 4.79 Å². The number of nitrogens with zero attached hydrogens (tertiary/aromatic N) is 1.